The van der Waals surface area contributed by atoms with Crippen LogP contribution in [0.3, 0.4) is 0 Å². The Kier molecular flexibility index (Phi) is 5.35. The molecule has 0 amide bonds. The molecule has 2 heterocycles. The number of nitrogens with one attached hydrogen (secondary N) is 1. The molecule has 1 N–H and O–H groups in total. The summed E-state index contributed by atoms with van der Waals surface area (Å²) in [6, 6.07) is 15.9. The number of aromatic nitrogens is 4. The van der Waals surface area contributed by atoms with Gasteiger partial charge in [-0.15, -0.1) is 0 Å². The van der Waals surface area contributed by atoms with Crippen molar-refractivity contribution in [1.29, 1.82) is 0 Å². The standard InChI is InChI=1S/C24H26FN5O/c1-16(18-10-12-19(25)13-11-18)27-23-28-21-20(14-26-30(21)24(2,3)4)22(31)29(23)15-17-8-6-5-7-9-17/h5-14,16H,15H2,1-4H3,(H,27,28)/t16-/m1/s1. The van der Waals surface area contributed by atoms with Crippen LogP contribution in [0.25, 0.3) is 11.0 Å². The minimum atomic E-state index is -0.327. The van der Waals surface area contributed by atoms with Crippen LogP contribution in [0.15, 0.2) is 65.6 Å². The van der Waals surface area contributed by atoms with Crippen LogP contribution in [0.1, 0.15) is 44.9 Å². The maximum absolute atomic E-state index is 13.4. The number of rotatable bonds is 5. The molecule has 0 bridgehead atoms. The Bertz CT molecular complexity index is 1250. The third-order valence-electron chi connectivity index (χ3n) is 5.22. The summed E-state index contributed by atoms with van der Waals surface area (Å²) in [5.74, 6) is 0.162. The molecule has 0 fully saturated rings. The molecular weight excluding hydrogens is 393 g/mol. The molecule has 0 aliphatic rings. The fraction of sp³-hybridized carbons (Fsp3) is 0.292. The number of hydrogen-bond donors (Lipinski definition) is 1. The minimum Gasteiger partial charge on any atom is -0.349 e. The second-order valence-corrected chi connectivity index (χ2v) is 8.69. The molecular formula is C24H26FN5O. The first-order valence-corrected chi connectivity index (χ1v) is 10.3. The fourth-order valence-corrected chi connectivity index (χ4v) is 3.54. The van der Waals surface area contributed by atoms with Gasteiger partial charge in [0, 0.05) is 0 Å². The Labute approximate surface area is 180 Å². The summed E-state index contributed by atoms with van der Waals surface area (Å²) in [5, 5.41) is 8.27. The highest BCUT2D eigenvalue weighted by Crippen LogP contribution is 2.23. The molecule has 160 valence electrons. The highest BCUT2D eigenvalue weighted by molar-refractivity contribution is 5.75. The first kappa shape index (κ1) is 20.8. The molecule has 2 aromatic carbocycles. The minimum absolute atomic E-state index is 0.154. The van der Waals surface area contributed by atoms with Gasteiger partial charge < -0.3 is 5.32 Å². The Morgan fingerprint density at radius 2 is 1.74 bits per heavy atom. The summed E-state index contributed by atoms with van der Waals surface area (Å²) in [6.07, 6.45) is 1.59. The lowest BCUT2D eigenvalue weighted by atomic mass is 10.1. The lowest BCUT2D eigenvalue weighted by Crippen LogP contribution is -2.28. The van der Waals surface area contributed by atoms with E-state index in [0.717, 1.165) is 11.1 Å². The maximum atomic E-state index is 13.4. The molecule has 4 aromatic rings. The van der Waals surface area contributed by atoms with Gasteiger partial charge in [-0.3, -0.25) is 9.36 Å². The molecule has 4 rings (SSSR count). The average molecular weight is 420 g/mol. The number of nitrogens with zero attached hydrogens (tertiary/aromatic N) is 4. The summed E-state index contributed by atoms with van der Waals surface area (Å²) in [4.78, 5) is 18.3. The zero-order chi connectivity index (χ0) is 22.2. The van der Waals surface area contributed by atoms with Gasteiger partial charge in [-0.05, 0) is 51.0 Å². The average Bonchev–Trinajstić information content (AvgIpc) is 3.17. The van der Waals surface area contributed by atoms with Crippen molar-refractivity contribution in [1.82, 2.24) is 19.3 Å². The molecule has 1 atom stereocenters. The largest absolute Gasteiger partial charge is 0.349 e. The van der Waals surface area contributed by atoms with Crippen molar-refractivity contribution < 1.29 is 4.39 Å². The van der Waals surface area contributed by atoms with Gasteiger partial charge in [0.2, 0.25) is 5.95 Å². The van der Waals surface area contributed by atoms with Crippen molar-refractivity contribution >= 4 is 17.0 Å². The van der Waals surface area contributed by atoms with Gasteiger partial charge in [-0.1, -0.05) is 42.5 Å². The van der Waals surface area contributed by atoms with E-state index in [4.69, 9.17) is 4.98 Å². The maximum Gasteiger partial charge on any atom is 0.266 e. The first-order valence-electron chi connectivity index (χ1n) is 10.3. The molecule has 0 radical (unpaired) electrons. The fourth-order valence-electron chi connectivity index (χ4n) is 3.54. The summed E-state index contributed by atoms with van der Waals surface area (Å²) in [5.41, 5.74) is 1.94. The van der Waals surface area contributed by atoms with E-state index in [9.17, 15) is 9.18 Å². The topological polar surface area (TPSA) is 64.7 Å². The van der Waals surface area contributed by atoms with Crippen LogP contribution < -0.4 is 10.9 Å². The van der Waals surface area contributed by atoms with Crippen LogP contribution in [0.5, 0.6) is 0 Å². The van der Waals surface area contributed by atoms with Crippen molar-refractivity contribution in [3.05, 3.63) is 88.1 Å². The van der Waals surface area contributed by atoms with E-state index in [1.807, 2.05) is 58.0 Å². The van der Waals surface area contributed by atoms with E-state index in [2.05, 4.69) is 10.4 Å². The third kappa shape index (κ3) is 4.21. The number of hydrogen-bond acceptors (Lipinski definition) is 4. The van der Waals surface area contributed by atoms with Crippen molar-refractivity contribution in [2.75, 3.05) is 5.32 Å². The zero-order valence-corrected chi connectivity index (χ0v) is 18.1. The van der Waals surface area contributed by atoms with Gasteiger partial charge in [-0.25, -0.2) is 9.07 Å². The van der Waals surface area contributed by atoms with Gasteiger partial charge in [-0.2, -0.15) is 10.1 Å². The first-order chi connectivity index (χ1) is 14.7. The lowest BCUT2D eigenvalue weighted by Gasteiger charge is -2.22. The van der Waals surface area contributed by atoms with Crippen LogP contribution in [0.2, 0.25) is 0 Å². The Balaban J connectivity index is 1.84. The molecule has 2 aromatic heterocycles. The van der Waals surface area contributed by atoms with E-state index in [-0.39, 0.29) is 23.0 Å². The normalized spacial score (nSPS) is 12.8. The van der Waals surface area contributed by atoms with E-state index < -0.39 is 0 Å². The van der Waals surface area contributed by atoms with Crippen molar-refractivity contribution in [2.24, 2.45) is 0 Å². The smallest absolute Gasteiger partial charge is 0.266 e. The van der Waals surface area contributed by atoms with Crippen LogP contribution in [0.4, 0.5) is 10.3 Å². The van der Waals surface area contributed by atoms with Crippen molar-refractivity contribution in [2.45, 2.75) is 45.8 Å². The van der Waals surface area contributed by atoms with Crippen LogP contribution in [-0.2, 0) is 12.1 Å². The molecule has 0 spiro atoms. The Morgan fingerprint density at radius 1 is 1.06 bits per heavy atom. The summed E-state index contributed by atoms with van der Waals surface area (Å²) in [7, 11) is 0. The van der Waals surface area contributed by atoms with Gasteiger partial charge in [0.05, 0.1) is 24.3 Å². The van der Waals surface area contributed by atoms with Crippen LogP contribution >= 0.6 is 0 Å². The summed E-state index contributed by atoms with van der Waals surface area (Å²) < 4.78 is 16.7. The molecule has 0 aliphatic heterocycles. The number of fused-ring (bicyclic) bond motifs is 1. The zero-order valence-electron chi connectivity index (χ0n) is 18.1. The summed E-state index contributed by atoms with van der Waals surface area (Å²) >= 11 is 0. The number of anilines is 1. The predicted octanol–water partition coefficient (Wildman–Crippen LogP) is 4.71. The van der Waals surface area contributed by atoms with Gasteiger partial charge in [0.1, 0.15) is 11.2 Å². The van der Waals surface area contributed by atoms with Gasteiger partial charge >= 0.3 is 0 Å². The SMILES string of the molecule is C[C@@H](Nc1nc2c(cnn2C(C)(C)C)c(=O)n1Cc1ccccc1)c1ccc(F)cc1. The number of halogens is 1. The molecule has 0 unspecified atom stereocenters. The Hall–Kier alpha value is -3.48. The van der Waals surface area contributed by atoms with Crippen LogP contribution in [0, 0.1) is 5.82 Å². The van der Waals surface area contributed by atoms with Gasteiger partial charge in [0.25, 0.3) is 5.56 Å². The number of benzene rings is 2. The second-order valence-electron chi connectivity index (χ2n) is 8.69. The lowest BCUT2D eigenvalue weighted by molar-refractivity contribution is 0.366. The highest BCUT2D eigenvalue weighted by Gasteiger charge is 2.22. The molecule has 0 aliphatic carbocycles. The van der Waals surface area contributed by atoms with Crippen LogP contribution in [-0.4, -0.2) is 19.3 Å². The highest BCUT2D eigenvalue weighted by atomic mass is 19.1. The molecule has 0 saturated carbocycles. The van der Waals surface area contributed by atoms with E-state index in [1.54, 1.807) is 27.6 Å². The van der Waals surface area contributed by atoms with E-state index in [0.29, 0.717) is 23.5 Å². The van der Waals surface area contributed by atoms with Gasteiger partial charge in [0.15, 0.2) is 5.65 Å². The Morgan fingerprint density at radius 3 is 2.39 bits per heavy atom. The predicted molar refractivity (Wildman–Crippen MR) is 121 cm³/mol. The van der Waals surface area contributed by atoms with E-state index in [1.165, 1.54) is 12.1 Å². The monoisotopic (exact) mass is 419 g/mol. The van der Waals surface area contributed by atoms with E-state index >= 15 is 0 Å². The third-order valence-corrected chi connectivity index (χ3v) is 5.22. The van der Waals surface area contributed by atoms with Crippen molar-refractivity contribution in [3.8, 4) is 0 Å². The summed E-state index contributed by atoms with van der Waals surface area (Å²) in [6.45, 7) is 8.39. The molecule has 7 heteroatoms. The molecule has 6 nitrogen and oxygen atoms in total. The second kappa shape index (κ2) is 7.98. The molecule has 31 heavy (non-hydrogen) atoms. The quantitative estimate of drug-likeness (QED) is 0.509. The van der Waals surface area contributed by atoms with Crippen molar-refractivity contribution in [3.63, 3.8) is 0 Å². The molecule has 0 saturated heterocycles.